The predicted molar refractivity (Wildman–Crippen MR) is 87.1 cm³/mol. The van der Waals surface area contributed by atoms with Crippen molar-refractivity contribution < 1.29 is 9.53 Å². The molecule has 0 amide bonds. The van der Waals surface area contributed by atoms with Gasteiger partial charge in [-0.25, -0.2) is 4.79 Å². The van der Waals surface area contributed by atoms with E-state index in [1.54, 1.807) is 11.8 Å². The van der Waals surface area contributed by atoms with Gasteiger partial charge in [0.2, 0.25) is 0 Å². The molecule has 1 aliphatic rings. The van der Waals surface area contributed by atoms with E-state index in [9.17, 15) is 10.1 Å². The minimum Gasteiger partial charge on any atom is -0.466 e. The lowest BCUT2D eigenvalue weighted by Gasteiger charge is -2.28. The summed E-state index contributed by atoms with van der Waals surface area (Å²) in [7, 11) is 1.35. The van der Waals surface area contributed by atoms with E-state index in [-0.39, 0.29) is 0 Å². The first-order valence-corrected chi connectivity index (χ1v) is 8.06. The van der Waals surface area contributed by atoms with Crippen LogP contribution in [-0.4, -0.2) is 19.3 Å². The molecule has 1 unspecified atom stereocenters. The summed E-state index contributed by atoms with van der Waals surface area (Å²) >= 11 is 1.65. The predicted octanol–water partition coefficient (Wildman–Crippen LogP) is 3.34. The van der Waals surface area contributed by atoms with E-state index in [2.05, 4.69) is 11.4 Å². The molecule has 2 rings (SSSR count). The number of ether oxygens (including phenoxy) is 1. The van der Waals surface area contributed by atoms with E-state index in [4.69, 9.17) is 4.74 Å². The summed E-state index contributed by atoms with van der Waals surface area (Å²) in [5.74, 6) is -0.807. The lowest BCUT2D eigenvalue weighted by Crippen LogP contribution is -2.28. The van der Waals surface area contributed by atoms with Crippen LogP contribution >= 0.6 is 11.8 Å². The SMILES string of the molecule is COC(=O)C1=C(C)NC(C)=C(C#N)C1c1ccc(SC)cc1. The molecule has 1 N–H and O–H groups in total. The van der Waals surface area contributed by atoms with Crippen molar-refractivity contribution in [1.82, 2.24) is 5.32 Å². The number of hydrogen-bond acceptors (Lipinski definition) is 5. The Morgan fingerprint density at radius 3 is 2.41 bits per heavy atom. The maximum absolute atomic E-state index is 12.2. The number of dihydropyridines is 1. The van der Waals surface area contributed by atoms with Gasteiger partial charge < -0.3 is 10.1 Å². The first-order valence-electron chi connectivity index (χ1n) is 6.84. The largest absolute Gasteiger partial charge is 0.466 e. The minimum atomic E-state index is -0.413. The number of nitriles is 1. The quantitative estimate of drug-likeness (QED) is 0.685. The number of benzene rings is 1. The van der Waals surface area contributed by atoms with Crippen LogP contribution in [0.2, 0.25) is 0 Å². The van der Waals surface area contributed by atoms with Gasteiger partial charge in [0.1, 0.15) is 0 Å². The van der Waals surface area contributed by atoms with Gasteiger partial charge in [-0.3, -0.25) is 0 Å². The van der Waals surface area contributed by atoms with Gasteiger partial charge in [0.15, 0.2) is 0 Å². The number of carbonyl (C=O) groups is 1. The van der Waals surface area contributed by atoms with Gasteiger partial charge in [-0.05, 0) is 37.8 Å². The average molecular weight is 314 g/mol. The number of carbonyl (C=O) groups excluding carboxylic acids is 1. The molecule has 5 heteroatoms. The van der Waals surface area contributed by atoms with Crippen molar-refractivity contribution in [1.29, 1.82) is 5.26 Å². The lowest BCUT2D eigenvalue weighted by molar-refractivity contribution is -0.136. The van der Waals surface area contributed by atoms with Gasteiger partial charge in [-0.1, -0.05) is 12.1 Å². The normalized spacial score (nSPS) is 17.9. The second kappa shape index (κ2) is 6.71. The number of thioether (sulfide) groups is 1. The van der Waals surface area contributed by atoms with Crippen LogP contribution in [0.3, 0.4) is 0 Å². The summed E-state index contributed by atoms with van der Waals surface area (Å²) in [5, 5.41) is 12.6. The van der Waals surface area contributed by atoms with Crippen molar-refractivity contribution in [2.45, 2.75) is 24.7 Å². The van der Waals surface area contributed by atoms with Gasteiger partial charge in [-0.15, -0.1) is 11.8 Å². The molecule has 22 heavy (non-hydrogen) atoms. The molecule has 114 valence electrons. The number of nitrogens with one attached hydrogen (secondary N) is 1. The van der Waals surface area contributed by atoms with E-state index < -0.39 is 11.9 Å². The Hall–Kier alpha value is -2.19. The zero-order valence-corrected chi connectivity index (χ0v) is 13.9. The van der Waals surface area contributed by atoms with E-state index in [0.717, 1.165) is 21.9 Å². The smallest absolute Gasteiger partial charge is 0.336 e. The third-order valence-electron chi connectivity index (χ3n) is 3.74. The zero-order chi connectivity index (χ0) is 16.3. The van der Waals surface area contributed by atoms with Crippen molar-refractivity contribution in [3.63, 3.8) is 0 Å². The van der Waals surface area contributed by atoms with Gasteiger partial charge in [-0.2, -0.15) is 5.26 Å². The number of nitrogens with zero attached hydrogens (tertiary/aromatic N) is 1. The second-order valence-corrected chi connectivity index (χ2v) is 5.89. The first kappa shape index (κ1) is 16.2. The summed E-state index contributed by atoms with van der Waals surface area (Å²) in [6, 6.07) is 10.1. The molecule has 1 atom stereocenters. The van der Waals surface area contributed by atoms with Crippen molar-refractivity contribution >= 4 is 17.7 Å². The number of esters is 1. The topological polar surface area (TPSA) is 62.1 Å². The van der Waals surface area contributed by atoms with E-state index >= 15 is 0 Å². The highest BCUT2D eigenvalue weighted by atomic mass is 32.2. The van der Waals surface area contributed by atoms with E-state index in [0.29, 0.717) is 11.1 Å². The Morgan fingerprint density at radius 2 is 1.91 bits per heavy atom. The third kappa shape index (κ3) is 2.88. The molecule has 0 aromatic heterocycles. The van der Waals surface area contributed by atoms with Crippen LogP contribution in [0.4, 0.5) is 0 Å². The number of methoxy groups -OCH3 is 1. The van der Waals surface area contributed by atoms with Crippen LogP contribution in [0.5, 0.6) is 0 Å². The molecular formula is C17H18N2O2S. The fraction of sp³-hybridized carbons (Fsp3) is 0.294. The molecule has 0 saturated heterocycles. The molecule has 0 bridgehead atoms. The molecule has 0 saturated carbocycles. The molecule has 1 aromatic rings. The molecule has 4 nitrogen and oxygen atoms in total. The Bertz CT molecular complexity index is 696. The number of allylic oxidation sites excluding steroid dienone is 3. The van der Waals surface area contributed by atoms with Gasteiger partial charge in [0.25, 0.3) is 0 Å². The van der Waals surface area contributed by atoms with Crippen molar-refractivity contribution in [2.24, 2.45) is 0 Å². The maximum atomic E-state index is 12.2. The molecule has 0 radical (unpaired) electrons. The lowest BCUT2D eigenvalue weighted by atomic mass is 9.81. The zero-order valence-electron chi connectivity index (χ0n) is 13.1. The highest BCUT2D eigenvalue weighted by molar-refractivity contribution is 7.98. The van der Waals surface area contributed by atoms with E-state index in [1.165, 1.54) is 7.11 Å². The van der Waals surface area contributed by atoms with E-state index in [1.807, 2.05) is 44.4 Å². The molecule has 1 heterocycles. The van der Waals surface area contributed by atoms with Gasteiger partial charge in [0.05, 0.1) is 30.2 Å². The highest BCUT2D eigenvalue weighted by Crippen LogP contribution is 2.38. The van der Waals surface area contributed by atoms with Crippen molar-refractivity contribution in [3.8, 4) is 6.07 Å². The molecule has 0 aliphatic carbocycles. The Balaban J connectivity index is 2.59. The van der Waals surface area contributed by atoms with Crippen LogP contribution in [0, 0.1) is 11.3 Å². The Kier molecular flexibility index (Phi) is 4.94. The van der Waals surface area contributed by atoms with Gasteiger partial charge in [0, 0.05) is 16.3 Å². The Labute approximate surface area is 134 Å². The highest BCUT2D eigenvalue weighted by Gasteiger charge is 2.33. The molecular weight excluding hydrogens is 296 g/mol. The summed E-state index contributed by atoms with van der Waals surface area (Å²) in [4.78, 5) is 13.3. The maximum Gasteiger partial charge on any atom is 0.336 e. The summed E-state index contributed by atoms with van der Waals surface area (Å²) in [5.41, 5.74) is 3.44. The first-order chi connectivity index (χ1) is 10.5. The van der Waals surface area contributed by atoms with Crippen LogP contribution in [0.1, 0.15) is 25.3 Å². The van der Waals surface area contributed by atoms with Crippen molar-refractivity contribution in [2.75, 3.05) is 13.4 Å². The second-order valence-electron chi connectivity index (χ2n) is 5.01. The fourth-order valence-electron chi connectivity index (χ4n) is 2.65. The summed E-state index contributed by atoms with van der Waals surface area (Å²) in [6.07, 6.45) is 2.01. The minimum absolute atomic E-state index is 0.394. The average Bonchev–Trinajstić information content (AvgIpc) is 2.53. The molecule has 1 aliphatic heterocycles. The molecule has 0 fully saturated rings. The van der Waals surface area contributed by atoms with Crippen LogP contribution in [0.25, 0.3) is 0 Å². The summed E-state index contributed by atoms with van der Waals surface area (Å²) in [6.45, 7) is 3.67. The van der Waals surface area contributed by atoms with Crippen LogP contribution in [0.15, 0.2) is 51.7 Å². The third-order valence-corrected chi connectivity index (χ3v) is 4.48. The standard InChI is InChI=1S/C17H18N2O2S/c1-10-14(9-18)16(12-5-7-13(22-4)8-6-12)15(11(2)19-10)17(20)21-3/h5-8,16,19H,1-4H3. The van der Waals surface area contributed by atoms with Crippen LogP contribution < -0.4 is 5.32 Å². The van der Waals surface area contributed by atoms with Gasteiger partial charge >= 0.3 is 5.97 Å². The summed E-state index contributed by atoms with van der Waals surface area (Å²) < 4.78 is 4.91. The number of hydrogen-bond donors (Lipinski definition) is 1. The monoisotopic (exact) mass is 314 g/mol. The molecule has 0 spiro atoms. The number of rotatable bonds is 3. The fourth-order valence-corrected chi connectivity index (χ4v) is 3.06. The Morgan fingerprint density at radius 1 is 1.27 bits per heavy atom. The van der Waals surface area contributed by atoms with Crippen molar-refractivity contribution in [3.05, 3.63) is 52.4 Å². The van der Waals surface area contributed by atoms with Crippen LogP contribution in [-0.2, 0) is 9.53 Å². The molecule has 1 aromatic carbocycles.